The lowest BCUT2D eigenvalue weighted by Gasteiger charge is -2.58. The van der Waals surface area contributed by atoms with E-state index in [1.807, 2.05) is 6.08 Å². The van der Waals surface area contributed by atoms with Crippen LogP contribution in [0.5, 0.6) is 0 Å². The fourth-order valence-electron chi connectivity index (χ4n) is 8.18. The predicted octanol–water partition coefficient (Wildman–Crippen LogP) is 4.24. The minimum absolute atomic E-state index is 0.00316. The van der Waals surface area contributed by atoms with Crippen LogP contribution in [0.15, 0.2) is 11.6 Å². The Balaban J connectivity index is 1.54. The van der Waals surface area contributed by atoms with Gasteiger partial charge in [0, 0.05) is 11.8 Å². The normalized spacial score (nSPS) is 56.2. The number of hydrogen-bond donors (Lipinski definition) is 0. The Labute approximate surface area is 150 Å². The van der Waals surface area contributed by atoms with E-state index < -0.39 is 5.60 Å². The van der Waals surface area contributed by atoms with Gasteiger partial charge in [0.2, 0.25) is 0 Å². The summed E-state index contributed by atoms with van der Waals surface area (Å²) in [5.74, 6) is 2.50. The molecule has 5 rings (SSSR count). The highest BCUT2D eigenvalue weighted by Crippen LogP contribution is 2.77. The van der Waals surface area contributed by atoms with E-state index in [0.717, 1.165) is 25.7 Å². The van der Waals surface area contributed by atoms with Crippen molar-refractivity contribution in [3.8, 4) is 0 Å². The van der Waals surface area contributed by atoms with Crippen LogP contribution < -0.4 is 0 Å². The van der Waals surface area contributed by atoms with Crippen LogP contribution in [0.2, 0.25) is 0 Å². The van der Waals surface area contributed by atoms with Gasteiger partial charge in [0.15, 0.2) is 17.2 Å². The number of carbonyl (C=O) groups is 2. The minimum atomic E-state index is -0.519. The molecule has 0 N–H and O–H groups in total. The van der Waals surface area contributed by atoms with Crippen LogP contribution in [0.3, 0.4) is 0 Å². The lowest BCUT2D eigenvalue weighted by molar-refractivity contribution is -0.137. The highest BCUT2D eigenvalue weighted by Gasteiger charge is 2.85. The summed E-state index contributed by atoms with van der Waals surface area (Å²) in [6.07, 6.45) is 9.26. The number of rotatable bonds is 1. The number of hydrogen-bond acceptors (Lipinski definition) is 3. The molecular formula is C22H30O3. The van der Waals surface area contributed by atoms with Crippen molar-refractivity contribution in [3.05, 3.63) is 11.6 Å². The minimum Gasteiger partial charge on any atom is -0.354 e. The zero-order valence-corrected chi connectivity index (χ0v) is 16.0. The van der Waals surface area contributed by atoms with E-state index >= 15 is 0 Å². The second kappa shape index (κ2) is 4.47. The van der Waals surface area contributed by atoms with Crippen LogP contribution in [0, 0.1) is 28.6 Å². The molecule has 4 fully saturated rings. The summed E-state index contributed by atoms with van der Waals surface area (Å²) in [5, 5.41) is 0. The van der Waals surface area contributed by atoms with Crippen LogP contribution in [0.4, 0.5) is 0 Å². The van der Waals surface area contributed by atoms with Gasteiger partial charge in [0.25, 0.3) is 0 Å². The van der Waals surface area contributed by atoms with Crippen LogP contribution in [0.1, 0.15) is 72.6 Å². The summed E-state index contributed by atoms with van der Waals surface area (Å²) in [6.45, 7) is 8.66. The van der Waals surface area contributed by atoms with Crippen molar-refractivity contribution in [2.45, 2.75) is 83.8 Å². The molecule has 0 aromatic rings. The van der Waals surface area contributed by atoms with Gasteiger partial charge in [-0.1, -0.05) is 19.4 Å². The van der Waals surface area contributed by atoms with Gasteiger partial charge in [0.1, 0.15) is 5.60 Å². The lowest BCUT2D eigenvalue weighted by Crippen LogP contribution is -2.54. The van der Waals surface area contributed by atoms with E-state index in [-0.39, 0.29) is 22.2 Å². The molecule has 7 atom stereocenters. The van der Waals surface area contributed by atoms with Crippen molar-refractivity contribution >= 4 is 11.6 Å². The standard InChI is InChI=1S/C22H30O3/c1-13(23)22-20(3)10-8-17-16(18(20)12-21(22,4)25-22)6-5-14-11-15(24)7-9-19(14,17)2/h11,16-18H,5-10,12H2,1-4H3/t16-,17-,18-,19+,20+,21-,22+/m1/s1. The van der Waals surface area contributed by atoms with E-state index in [1.54, 1.807) is 6.92 Å². The molecule has 3 heteroatoms. The third-order valence-electron chi connectivity index (χ3n) is 9.34. The SMILES string of the molecule is CC(=O)[C@@]12O[C@]1(C)C[C@@H]1[C@@H]3CCC4=CC(=O)CC[C@]4(C)[C@@H]3CC[C@@]12C. The van der Waals surface area contributed by atoms with Crippen molar-refractivity contribution in [1.82, 2.24) is 0 Å². The third-order valence-corrected chi connectivity index (χ3v) is 9.34. The van der Waals surface area contributed by atoms with Gasteiger partial charge >= 0.3 is 0 Å². The average Bonchev–Trinajstić information content (AvgIpc) is 3.13. The Morgan fingerprint density at radius 2 is 1.88 bits per heavy atom. The molecular weight excluding hydrogens is 312 g/mol. The molecule has 3 saturated carbocycles. The van der Waals surface area contributed by atoms with Gasteiger partial charge in [-0.2, -0.15) is 0 Å². The highest BCUT2D eigenvalue weighted by molar-refractivity contribution is 5.92. The number of epoxide rings is 1. The molecule has 1 saturated heterocycles. The van der Waals surface area contributed by atoms with Crippen molar-refractivity contribution < 1.29 is 14.3 Å². The number of ketones is 2. The number of carbonyl (C=O) groups excluding carboxylic acids is 2. The third kappa shape index (κ3) is 1.63. The molecule has 0 unspecified atom stereocenters. The van der Waals surface area contributed by atoms with Crippen molar-refractivity contribution in [2.75, 3.05) is 0 Å². The summed E-state index contributed by atoms with van der Waals surface area (Å²) in [4.78, 5) is 24.5. The zero-order chi connectivity index (χ0) is 17.8. The summed E-state index contributed by atoms with van der Waals surface area (Å²) >= 11 is 0. The zero-order valence-electron chi connectivity index (χ0n) is 16.0. The summed E-state index contributed by atoms with van der Waals surface area (Å²) < 4.78 is 6.18. The monoisotopic (exact) mass is 342 g/mol. The smallest absolute Gasteiger partial charge is 0.165 e. The van der Waals surface area contributed by atoms with Crippen LogP contribution in [0.25, 0.3) is 0 Å². The molecule has 0 radical (unpaired) electrons. The Kier molecular flexibility index (Phi) is 2.90. The summed E-state index contributed by atoms with van der Waals surface area (Å²) in [7, 11) is 0. The molecule has 1 aliphatic heterocycles. The largest absolute Gasteiger partial charge is 0.354 e. The van der Waals surface area contributed by atoms with E-state index in [4.69, 9.17) is 4.74 Å². The highest BCUT2D eigenvalue weighted by atomic mass is 16.6. The molecule has 3 nitrogen and oxygen atoms in total. The molecule has 0 amide bonds. The van der Waals surface area contributed by atoms with E-state index in [1.165, 1.54) is 18.4 Å². The maximum atomic E-state index is 12.6. The lowest BCUT2D eigenvalue weighted by atomic mass is 9.46. The summed E-state index contributed by atoms with van der Waals surface area (Å²) in [6, 6.07) is 0. The average molecular weight is 342 g/mol. The van der Waals surface area contributed by atoms with Crippen molar-refractivity contribution in [2.24, 2.45) is 28.6 Å². The maximum Gasteiger partial charge on any atom is 0.165 e. The molecule has 136 valence electrons. The summed E-state index contributed by atoms with van der Waals surface area (Å²) in [5.41, 5.74) is 0.870. The topological polar surface area (TPSA) is 46.7 Å². The molecule has 4 aliphatic carbocycles. The molecule has 1 heterocycles. The fourth-order valence-corrected chi connectivity index (χ4v) is 8.18. The first kappa shape index (κ1) is 16.2. The predicted molar refractivity (Wildman–Crippen MR) is 95.0 cm³/mol. The number of Topliss-reactive ketones (excluding diaryl/α,β-unsaturated/α-hetero) is 1. The van der Waals surface area contributed by atoms with Crippen LogP contribution in [-0.2, 0) is 14.3 Å². The fraction of sp³-hybridized carbons (Fsp3) is 0.818. The van der Waals surface area contributed by atoms with Crippen molar-refractivity contribution in [3.63, 3.8) is 0 Å². The van der Waals surface area contributed by atoms with E-state index in [0.29, 0.717) is 30.0 Å². The van der Waals surface area contributed by atoms with Gasteiger partial charge in [0.05, 0.1) is 0 Å². The first-order chi connectivity index (χ1) is 11.7. The molecule has 0 aromatic heterocycles. The van der Waals surface area contributed by atoms with Crippen LogP contribution in [-0.4, -0.2) is 22.8 Å². The molecule has 0 bridgehead atoms. The second-order valence-electron chi connectivity index (χ2n) is 10.2. The molecule has 0 spiro atoms. The van der Waals surface area contributed by atoms with Crippen LogP contribution >= 0.6 is 0 Å². The number of allylic oxidation sites excluding steroid dienone is 1. The second-order valence-corrected chi connectivity index (χ2v) is 10.2. The number of fused-ring (bicyclic) bond motifs is 7. The quantitative estimate of drug-likeness (QED) is 0.670. The molecule has 5 aliphatic rings. The number of ether oxygens (including phenoxy) is 1. The first-order valence-electron chi connectivity index (χ1n) is 10.1. The first-order valence-corrected chi connectivity index (χ1v) is 10.1. The Morgan fingerprint density at radius 3 is 2.60 bits per heavy atom. The molecule has 0 aromatic carbocycles. The van der Waals surface area contributed by atoms with Gasteiger partial charge in [-0.15, -0.1) is 0 Å². The van der Waals surface area contributed by atoms with Gasteiger partial charge in [-0.05, 0) is 81.6 Å². The molecule has 25 heavy (non-hydrogen) atoms. The van der Waals surface area contributed by atoms with E-state index in [2.05, 4.69) is 20.8 Å². The Hall–Kier alpha value is -0.960. The van der Waals surface area contributed by atoms with E-state index in [9.17, 15) is 9.59 Å². The van der Waals surface area contributed by atoms with Gasteiger partial charge in [-0.25, -0.2) is 0 Å². The van der Waals surface area contributed by atoms with Crippen molar-refractivity contribution in [1.29, 1.82) is 0 Å². The maximum absolute atomic E-state index is 12.6. The van der Waals surface area contributed by atoms with Gasteiger partial charge in [-0.3, -0.25) is 9.59 Å². The van der Waals surface area contributed by atoms with Gasteiger partial charge < -0.3 is 4.74 Å². The Morgan fingerprint density at radius 1 is 1.12 bits per heavy atom. The Bertz CT molecular complexity index is 723.